The summed E-state index contributed by atoms with van der Waals surface area (Å²) in [6.45, 7) is 10.8. The van der Waals surface area contributed by atoms with Crippen LogP contribution in [-0.2, 0) is 0 Å². The molecule has 1 aromatic rings. The quantitative estimate of drug-likeness (QED) is 0.774. The lowest BCUT2D eigenvalue weighted by atomic mass is 9.82. The maximum absolute atomic E-state index is 10.6. The number of carboxylic acid groups (broad SMARTS) is 1. The second kappa shape index (κ2) is 5.47. The average Bonchev–Trinajstić information content (AvgIpc) is 2.11. The van der Waals surface area contributed by atoms with Crippen LogP contribution in [0.3, 0.4) is 0 Å². The predicted octanol–water partition coefficient (Wildman–Crippen LogP) is 3.80. The number of hydrogen-bond donors (Lipinski definition) is 3. The van der Waals surface area contributed by atoms with E-state index in [9.17, 15) is 4.79 Å². The second-order valence-electron chi connectivity index (χ2n) is 6.61. The van der Waals surface area contributed by atoms with Gasteiger partial charge in [-0.1, -0.05) is 20.8 Å². The van der Waals surface area contributed by atoms with Crippen LogP contribution in [0.15, 0.2) is 18.3 Å². The molecule has 1 rings (SSSR count). The zero-order valence-electron chi connectivity index (χ0n) is 12.2. The minimum atomic E-state index is -1.08. The highest BCUT2D eigenvalue weighted by Gasteiger charge is 2.25. The van der Waals surface area contributed by atoms with Crippen molar-refractivity contribution < 1.29 is 9.90 Å². The Morgan fingerprint density at radius 3 is 2.47 bits per heavy atom. The van der Waals surface area contributed by atoms with Crippen molar-refractivity contribution in [2.75, 3.05) is 10.6 Å². The zero-order chi connectivity index (χ0) is 14.7. The first-order valence-electron chi connectivity index (χ1n) is 6.32. The van der Waals surface area contributed by atoms with Crippen LogP contribution in [0, 0.1) is 5.41 Å². The van der Waals surface area contributed by atoms with Crippen molar-refractivity contribution in [3.8, 4) is 0 Å². The number of nitrogens with zero attached hydrogens (tertiary/aromatic N) is 1. The van der Waals surface area contributed by atoms with Crippen LogP contribution in [0.4, 0.5) is 16.3 Å². The van der Waals surface area contributed by atoms with Crippen molar-refractivity contribution in [1.29, 1.82) is 0 Å². The van der Waals surface area contributed by atoms with E-state index in [1.807, 2.05) is 0 Å². The summed E-state index contributed by atoms with van der Waals surface area (Å²) in [4.78, 5) is 14.8. The first-order valence-corrected chi connectivity index (χ1v) is 6.32. The van der Waals surface area contributed by atoms with E-state index in [1.54, 1.807) is 18.3 Å². The van der Waals surface area contributed by atoms with Crippen molar-refractivity contribution in [2.24, 2.45) is 5.41 Å². The van der Waals surface area contributed by atoms with Gasteiger partial charge in [0.05, 0.1) is 0 Å². The lowest BCUT2D eigenvalue weighted by molar-refractivity contribution is 0.210. The average molecular weight is 265 g/mol. The van der Waals surface area contributed by atoms with Gasteiger partial charge in [-0.2, -0.15) is 0 Å². The lowest BCUT2D eigenvalue weighted by Crippen LogP contribution is -2.35. The number of pyridine rings is 1. The molecule has 0 aliphatic rings. The Hall–Kier alpha value is -1.78. The maximum Gasteiger partial charge on any atom is 0.409 e. The fourth-order valence-electron chi connectivity index (χ4n) is 2.42. The highest BCUT2D eigenvalue weighted by molar-refractivity contribution is 5.83. The van der Waals surface area contributed by atoms with E-state index in [2.05, 4.69) is 50.2 Å². The van der Waals surface area contributed by atoms with Crippen LogP contribution in [0.2, 0.25) is 0 Å². The third kappa shape index (κ3) is 6.08. The Labute approximate surface area is 114 Å². The Kier molecular flexibility index (Phi) is 4.39. The molecule has 0 unspecified atom stereocenters. The monoisotopic (exact) mass is 265 g/mol. The Balaban J connectivity index is 2.78. The van der Waals surface area contributed by atoms with Gasteiger partial charge in [-0.05, 0) is 31.7 Å². The van der Waals surface area contributed by atoms with Crippen LogP contribution in [0.5, 0.6) is 0 Å². The van der Waals surface area contributed by atoms with Crippen molar-refractivity contribution in [1.82, 2.24) is 4.98 Å². The van der Waals surface area contributed by atoms with Gasteiger partial charge in [0.25, 0.3) is 0 Å². The van der Waals surface area contributed by atoms with E-state index in [4.69, 9.17) is 5.11 Å². The normalized spacial score (nSPS) is 12.1. The first-order chi connectivity index (χ1) is 8.57. The highest BCUT2D eigenvalue weighted by Crippen LogP contribution is 2.29. The zero-order valence-corrected chi connectivity index (χ0v) is 12.2. The fraction of sp³-hybridized carbons (Fsp3) is 0.571. The molecule has 106 valence electrons. The van der Waals surface area contributed by atoms with Gasteiger partial charge in [0, 0.05) is 23.5 Å². The van der Waals surface area contributed by atoms with Crippen molar-refractivity contribution in [3.63, 3.8) is 0 Å². The molecule has 19 heavy (non-hydrogen) atoms. The summed E-state index contributed by atoms with van der Waals surface area (Å²) in [5, 5.41) is 14.4. The Bertz CT molecular complexity index is 450. The number of anilines is 2. The molecule has 0 fully saturated rings. The molecule has 0 atom stereocenters. The first kappa shape index (κ1) is 15.3. The smallest absolute Gasteiger partial charge is 0.409 e. The van der Waals surface area contributed by atoms with E-state index < -0.39 is 6.09 Å². The summed E-state index contributed by atoms with van der Waals surface area (Å²) in [7, 11) is 0. The molecule has 0 bridgehead atoms. The van der Waals surface area contributed by atoms with Crippen LogP contribution >= 0.6 is 0 Å². The van der Waals surface area contributed by atoms with Crippen LogP contribution in [-0.4, -0.2) is 21.7 Å². The lowest BCUT2D eigenvalue weighted by Gasteiger charge is -2.33. The van der Waals surface area contributed by atoms with Gasteiger partial charge in [0.2, 0.25) is 0 Å². The van der Waals surface area contributed by atoms with Gasteiger partial charge in [-0.3, -0.25) is 5.32 Å². The summed E-state index contributed by atoms with van der Waals surface area (Å²) in [6.07, 6.45) is 1.48. The molecule has 1 heterocycles. The summed E-state index contributed by atoms with van der Waals surface area (Å²) < 4.78 is 0. The molecular weight excluding hydrogens is 242 g/mol. The molecule has 0 saturated carbocycles. The SMILES string of the molecule is CC(C)(C)CC(C)(C)Nc1cc(NC(=O)O)ccn1. The molecular formula is C14H23N3O2. The van der Waals surface area contributed by atoms with Gasteiger partial charge in [-0.15, -0.1) is 0 Å². The van der Waals surface area contributed by atoms with Crippen LogP contribution in [0.25, 0.3) is 0 Å². The number of amides is 1. The van der Waals surface area contributed by atoms with Crippen LogP contribution < -0.4 is 10.6 Å². The summed E-state index contributed by atoms with van der Waals surface area (Å²) in [5.74, 6) is 0.667. The summed E-state index contributed by atoms with van der Waals surface area (Å²) >= 11 is 0. The van der Waals surface area contributed by atoms with E-state index in [0.717, 1.165) is 6.42 Å². The van der Waals surface area contributed by atoms with E-state index in [1.165, 1.54) is 0 Å². The third-order valence-electron chi connectivity index (χ3n) is 2.45. The number of hydrogen-bond acceptors (Lipinski definition) is 3. The molecule has 5 nitrogen and oxygen atoms in total. The number of aromatic nitrogens is 1. The molecule has 0 spiro atoms. The molecule has 3 N–H and O–H groups in total. The molecule has 0 saturated heterocycles. The van der Waals surface area contributed by atoms with Gasteiger partial charge in [0.1, 0.15) is 5.82 Å². The highest BCUT2D eigenvalue weighted by atomic mass is 16.4. The topological polar surface area (TPSA) is 74.2 Å². The maximum atomic E-state index is 10.6. The molecule has 0 aliphatic carbocycles. The standard InChI is InChI=1S/C14H23N3O2/c1-13(2,3)9-14(4,5)17-11-8-10(6-7-15-11)16-12(18)19/h6-8H,9H2,1-5H3,(H,18,19)(H2,15,16,17). The van der Waals surface area contributed by atoms with Gasteiger partial charge >= 0.3 is 6.09 Å². The Morgan fingerprint density at radius 2 is 1.95 bits per heavy atom. The van der Waals surface area contributed by atoms with E-state index >= 15 is 0 Å². The molecule has 0 aromatic carbocycles. The van der Waals surface area contributed by atoms with Crippen LogP contribution in [0.1, 0.15) is 41.0 Å². The predicted molar refractivity (Wildman–Crippen MR) is 77.7 cm³/mol. The minimum absolute atomic E-state index is 0.118. The van der Waals surface area contributed by atoms with Gasteiger partial charge in [-0.25, -0.2) is 9.78 Å². The largest absolute Gasteiger partial charge is 0.465 e. The van der Waals surface area contributed by atoms with Crippen molar-refractivity contribution >= 4 is 17.6 Å². The molecule has 0 radical (unpaired) electrons. The summed E-state index contributed by atoms with van der Waals surface area (Å²) in [6, 6.07) is 3.31. The van der Waals surface area contributed by atoms with Crippen molar-refractivity contribution in [3.05, 3.63) is 18.3 Å². The molecule has 1 amide bonds. The fourth-order valence-corrected chi connectivity index (χ4v) is 2.42. The molecule has 5 heteroatoms. The van der Waals surface area contributed by atoms with Gasteiger partial charge < -0.3 is 10.4 Å². The Morgan fingerprint density at radius 1 is 1.32 bits per heavy atom. The number of nitrogens with one attached hydrogen (secondary N) is 2. The molecule has 0 aliphatic heterocycles. The van der Waals surface area contributed by atoms with E-state index in [-0.39, 0.29) is 11.0 Å². The molecule has 1 aromatic heterocycles. The second-order valence-corrected chi connectivity index (χ2v) is 6.61. The third-order valence-corrected chi connectivity index (χ3v) is 2.45. The minimum Gasteiger partial charge on any atom is -0.465 e. The number of rotatable bonds is 4. The van der Waals surface area contributed by atoms with Crippen molar-refractivity contribution in [2.45, 2.75) is 46.6 Å². The number of carbonyl (C=O) groups is 1. The van der Waals surface area contributed by atoms with Gasteiger partial charge in [0.15, 0.2) is 0 Å². The summed E-state index contributed by atoms with van der Waals surface area (Å²) in [5.41, 5.74) is 0.595. The van der Waals surface area contributed by atoms with E-state index in [0.29, 0.717) is 11.5 Å².